The van der Waals surface area contributed by atoms with Gasteiger partial charge in [0.2, 0.25) is 0 Å². The Morgan fingerprint density at radius 1 is 0.971 bits per heavy atom. The minimum Gasteiger partial charge on any atom is -0.457 e. The number of hydrogen-bond acceptors (Lipinski definition) is 5. The summed E-state index contributed by atoms with van der Waals surface area (Å²) in [6, 6.07) is 27.0. The molecule has 178 valence electrons. The van der Waals surface area contributed by atoms with Crippen molar-refractivity contribution in [3.8, 4) is 11.5 Å². The average Bonchev–Trinajstić information content (AvgIpc) is 3.35. The molecule has 1 fully saturated rings. The van der Waals surface area contributed by atoms with Crippen LogP contribution in [-0.4, -0.2) is 43.5 Å². The Labute approximate surface area is 206 Å². The van der Waals surface area contributed by atoms with Gasteiger partial charge in [-0.2, -0.15) is 0 Å². The van der Waals surface area contributed by atoms with E-state index in [1.54, 1.807) is 0 Å². The van der Waals surface area contributed by atoms with Crippen LogP contribution in [0.3, 0.4) is 0 Å². The first-order valence-corrected chi connectivity index (χ1v) is 12.4. The Kier molecular flexibility index (Phi) is 6.11. The maximum absolute atomic E-state index is 6.28. The van der Waals surface area contributed by atoms with Crippen molar-refractivity contribution < 1.29 is 14.2 Å². The van der Waals surface area contributed by atoms with Crippen molar-refractivity contribution in [3.05, 3.63) is 95.7 Å². The van der Waals surface area contributed by atoms with Crippen LogP contribution >= 0.6 is 0 Å². The Hall–Kier alpha value is -3.41. The van der Waals surface area contributed by atoms with Crippen LogP contribution in [0.2, 0.25) is 0 Å². The largest absolute Gasteiger partial charge is 0.457 e. The van der Waals surface area contributed by atoms with Gasteiger partial charge < -0.3 is 19.1 Å². The van der Waals surface area contributed by atoms with E-state index in [0.717, 1.165) is 47.5 Å². The Balaban J connectivity index is 1.42. The number of pyridine rings is 1. The summed E-state index contributed by atoms with van der Waals surface area (Å²) in [5.41, 5.74) is 5.99. The monoisotopic (exact) mass is 466 g/mol. The van der Waals surface area contributed by atoms with Crippen molar-refractivity contribution >= 4 is 16.6 Å². The van der Waals surface area contributed by atoms with E-state index >= 15 is 0 Å². The lowest BCUT2D eigenvalue weighted by atomic mass is 9.98. The van der Waals surface area contributed by atoms with E-state index < -0.39 is 0 Å². The summed E-state index contributed by atoms with van der Waals surface area (Å²) in [4.78, 5) is 7.49. The zero-order valence-electron chi connectivity index (χ0n) is 20.0. The van der Waals surface area contributed by atoms with Crippen molar-refractivity contribution in [2.45, 2.75) is 31.9 Å². The van der Waals surface area contributed by atoms with Gasteiger partial charge in [-0.25, -0.2) is 0 Å². The highest BCUT2D eigenvalue weighted by Crippen LogP contribution is 2.41. The molecule has 0 spiro atoms. The fraction of sp³-hybridized carbons (Fsp3) is 0.300. The predicted molar refractivity (Wildman–Crippen MR) is 139 cm³/mol. The number of aryl methyl sites for hydroxylation is 1. The quantitative estimate of drug-likeness (QED) is 0.363. The maximum Gasteiger partial charge on any atom is 0.128 e. The molecule has 2 aliphatic heterocycles. The van der Waals surface area contributed by atoms with Gasteiger partial charge in [-0.05, 0) is 61.2 Å². The number of para-hydroxylation sites is 1. The fourth-order valence-electron chi connectivity index (χ4n) is 5.40. The minimum atomic E-state index is 0.0159. The van der Waals surface area contributed by atoms with Gasteiger partial charge in [0, 0.05) is 17.6 Å². The van der Waals surface area contributed by atoms with Crippen molar-refractivity contribution in [2.24, 2.45) is 0 Å². The van der Waals surface area contributed by atoms with Crippen LogP contribution in [0, 0.1) is 6.92 Å². The van der Waals surface area contributed by atoms with E-state index in [-0.39, 0.29) is 12.1 Å². The van der Waals surface area contributed by atoms with Gasteiger partial charge in [0.05, 0.1) is 37.1 Å². The highest BCUT2D eigenvalue weighted by Gasteiger charge is 2.36. The standard InChI is InChI=1S/C30H30N2O3/c1-21-25-14-15-32(28(29-20-33-16-17-34-29)18-22-8-4-2-5-9-22)30(25)26-19-24(12-13-27(26)31-21)35-23-10-6-3-7-11-23/h2-13,19,28-29H,14-18,20H2,1H3. The number of benzene rings is 3. The number of nitrogens with zero attached hydrogens (tertiary/aromatic N) is 2. The van der Waals surface area contributed by atoms with E-state index in [9.17, 15) is 0 Å². The van der Waals surface area contributed by atoms with Crippen LogP contribution in [0.5, 0.6) is 11.5 Å². The van der Waals surface area contributed by atoms with E-state index in [0.29, 0.717) is 19.8 Å². The second-order valence-electron chi connectivity index (χ2n) is 9.30. The van der Waals surface area contributed by atoms with E-state index in [4.69, 9.17) is 19.2 Å². The van der Waals surface area contributed by atoms with E-state index in [2.05, 4.69) is 54.3 Å². The van der Waals surface area contributed by atoms with Crippen LogP contribution < -0.4 is 9.64 Å². The van der Waals surface area contributed by atoms with Crippen LogP contribution in [0.15, 0.2) is 78.9 Å². The van der Waals surface area contributed by atoms with Gasteiger partial charge in [0.15, 0.2) is 0 Å². The molecule has 0 aliphatic carbocycles. The molecule has 2 atom stereocenters. The molecule has 0 N–H and O–H groups in total. The number of aromatic nitrogens is 1. The first-order valence-electron chi connectivity index (χ1n) is 12.4. The number of ether oxygens (including phenoxy) is 3. The number of rotatable bonds is 6. The lowest BCUT2D eigenvalue weighted by molar-refractivity contribution is -0.0974. The van der Waals surface area contributed by atoms with E-state index in [1.165, 1.54) is 16.8 Å². The lowest BCUT2D eigenvalue weighted by Gasteiger charge is -2.38. The average molecular weight is 467 g/mol. The van der Waals surface area contributed by atoms with Crippen molar-refractivity contribution in [3.63, 3.8) is 0 Å². The number of anilines is 1. The molecule has 0 amide bonds. The molecule has 0 radical (unpaired) electrons. The first-order chi connectivity index (χ1) is 17.3. The lowest BCUT2D eigenvalue weighted by Crippen LogP contribution is -2.50. The molecule has 0 saturated carbocycles. The third-order valence-corrected chi connectivity index (χ3v) is 7.06. The highest BCUT2D eigenvalue weighted by molar-refractivity contribution is 5.96. The molecular formula is C30H30N2O3. The molecule has 3 heterocycles. The molecular weight excluding hydrogens is 436 g/mol. The van der Waals surface area contributed by atoms with Gasteiger partial charge in [-0.15, -0.1) is 0 Å². The van der Waals surface area contributed by atoms with Gasteiger partial charge in [-0.3, -0.25) is 4.98 Å². The van der Waals surface area contributed by atoms with Crippen molar-refractivity contribution in [1.82, 2.24) is 4.98 Å². The van der Waals surface area contributed by atoms with Gasteiger partial charge in [0.1, 0.15) is 17.6 Å². The van der Waals surface area contributed by atoms with E-state index in [1.807, 2.05) is 36.4 Å². The zero-order valence-corrected chi connectivity index (χ0v) is 20.0. The predicted octanol–water partition coefficient (Wildman–Crippen LogP) is 5.72. The summed E-state index contributed by atoms with van der Waals surface area (Å²) in [6.45, 7) is 4.99. The topological polar surface area (TPSA) is 43.8 Å². The summed E-state index contributed by atoms with van der Waals surface area (Å²) in [6.07, 6.45) is 1.89. The van der Waals surface area contributed by atoms with Crippen LogP contribution in [0.25, 0.3) is 10.9 Å². The maximum atomic E-state index is 6.28. The van der Waals surface area contributed by atoms with Crippen LogP contribution in [0.4, 0.5) is 5.69 Å². The van der Waals surface area contributed by atoms with Crippen LogP contribution in [-0.2, 0) is 22.3 Å². The number of hydrogen-bond donors (Lipinski definition) is 0. The highest BCUT2D eigenvalue weighted by atomic mass is 16.6. The summed E-state index contributed by atoms with van der Waals surface area (Å²) < 4.78 is 18.3. The van der Waals surface area contributed by atoms with Crippen LogP contribution in [0.1, 0.15) is 16.8 Å². The third kappa shape index (κ3) is 4.49. The minimum absolute atomic E-state index is 0.0159. The first kappa shape index (κ1) is 22.1. The third-order valence-electron chi connectivity index (χ3n) is 7.06. The summed E-state index contributed by atoms with van der Waals surface area (Å²) >= 11 is 0. The molecule has 1 saturated heterocycles. The molecule has 35 heavy (non-hydrogen) atoms. The Bertz CT molecular complexity index is 1300. The summed E-state index contributed by atoms with van der Waals surface area (Å²) in [7, 11) is 0. The molecule has 5 heteroatoms. The van der Waals surface area contributed by atoms with Gasteiger partial charge >= 0.3 is 0 Å². The van der Waals surface area contributed by atoms with Crippen molar-refractivity contribution in [2.75, 3.05) is 31.3 Å². The molecule has 2 unspecified atom stereocenters. The smallest absolute Gasteiger partial charge is 0.128 e. The molecule has 0 bridgehead atoms. The molecule has 5 nitrogen and oxygen atoms in total. The molecule has 6 rings (SSSR count). The summed E-state index contributed by atoms with van der Waals surface area (Å²) in [5, 5.41) is 1.13. The Morgan fingerprint density at radius 3 is 2.54 bits per heavy atom. The molecule has 3 aromatic carbocycles. The normalized spacial score (nSPS) is 18.4. The Morgan fingerprint density at radius 2 is 1.77 bits per heavy atom. The second-order valence-corrected chi connectivity index (χ2v) is 9.30. The SMILES string of the molecule is Cc1nc2ccc(Oc3ccccc3)cc2c2c1CCN2C(Cc1ccccc1)C1COCCO1. The summed E-state index contributed by atoms with van der Waals surface area (Å²) in [5.74, 6) is 1.65. The van der Waals surface area contributed by atoms with Gasteiger partial charge in [-0.1, -0.05) is 48.5 Å². The zero-order chi connectivity index (χ0) is 23.6. The number of fused-ring (bicyclic) bond motifs is 3. The molecule has 1 aromatic heterocycles. The fourth-order valence-corrected chi connectivity index (χ4v) is 5.40. The molecule has 2 aliphatic rings. The van der Waals surface area contributed by atoms with Gasteiger partial charge in [0.25, 0.3) is 0 Å². The molecule has 4 aromatic rings. The van der Waals surface area contributed by atoms with Crippen molar-refractivity contribution in [1.29, 1.82) is 0 Å². The second kappa shape index (κ2) is 9.68.